The highest BCUT2D eigenvalue weighted by atomic mass is 16.5. The van der Waals surface area contributed by atoms with Crippen molar-refractivity contribution in [3.05, 3.63) is 35.4 Å². The Bertz CT molecular complexity index is 513. The van der Waals surface area contributed by atoms with Gasteiger partial charge in [0.15, 0.2) is 0 Å². The maximum Gasteiger partial charge on any atom is 0.338 e. The molecule has 4 nitrogen and oxygen atoms in total. The largest absolute Gasteiger partial charge is 0.459 e. The molecule has 0 saturated carbocycles. The van der Waals surface area contributed by atoms with Crippen LogP contribution in [0.3, 0.4) is 0 Å². The van der Waals surface area contributed by atoms with Crippen molar-refractivity contribution in [3.8, 4) is 0 Å². The fraction of sp³-hybridized carbons (Fsp3) is 0.667. The Morgan fingerprint density at radius 2 is 1.04 bits per heavy atom. The third-order valence-electron chi connectivity index (χ3n) is 4.90. The van der Waals surface area contributed by atoms with Crippen molar-refractivity contribution in [2.24, 2.45) is 0 Å². The molecule has 0 bridgehead atoms. The van der Waals surface area contributed by atoms with Crippen LogP contribution in [-0.2, 0) is 9.47 Å². The fourth-order valence-electron chi connectivity index (χ4n) is 3.08. The molecule has 4 heteroatoms. The smallest absolute Gasteiger partial charge is 0.338 e. The zero-order valence-electron chi connectivity index (χ0n) is 18.2. The Morgan fingerprint density at radius 3 is 1.36 bits per heavy atom. The summed E-state index contributed by atoms with van der Waals surface area (Å²) in [5.41, 5.74) is 0.925. The molecule has 1 aromatic carbocycles. The van der Waals surface area contributed by atoms with Crippen molar-refractivity contribution in [2.45, 2.75) is 104 Å². The predicted molar refractivity (Wildman–Crippen MR) is 114 cm³/mol. The van der Waals surface area contributed by atoms with Crippen LogP contribution >= 0.6 is 0 Å². The summed E-state index contributed by atoms with van der Waals surface area (Å²) in [6.45, 7) is 8.21. The fourth-order valence-corrected chi connectivity index (χ4v) is 3.08. The Morgan fingerprint density at radius 1 is 0.679 bits per heavy atom. The first-order valence-corrected chi connectivity index (χ1v) is 11.0. The molecule has 1 aromatic rings. The number of rotatable bonds is 14. The van der Waals surface area contributed by atoms with Crippen LogP contribution in [0, 0.1) is 0 Å². The topological polar surface area (TPSA) is 52.6 Å². The summed E-state index contributed by atoms with van der Waals surface area (Å²) >= 11 is 0. The Balaban J connectivity index is 2.42. The van der Waals surface area contributed by atoms with E-state index in [9.17, 15) is 9.59 Å². The summed E-state index contributed by atoms with van der Waals surface area (Å²) < 4.78 is 11.0. The Hall–Kier alpha value is -1.84. The summed E-state index contributed by atoms with van der Waals surface area (Å²) in [6, 6.07) is 6.53. The van der Waals surface area contributed by atoms with Gasteiger partial charge in [-0.15, -0.1) is 0 Å². The molecule has 28 heavy (non-hydrogen) atoms. The van der Waals surface area contributed by atoms with Gasteiger partial charge in [0, 0.05) is 0 Å². The van der Waals surface area contributed by atoms with Crippen molar-refractivity contribution >= 4 is 11.9 Å². The van der Waals surface area contributed by atoms with Crippen molar-refractivity contribution in [1.29, 1.82) is 0 Å². The second-order valence-electron chi connectivity index (χ2n) is 7.71. The summed E-state index contributed by atoms with van der Waals surface area (Å²) in [6.07, 6.45) is 10.9. The van der Waals surface area contributed by atoms with E-state index < -0.39 is 0 Å². The minimum atomic E-state index is -0.341. The highest BCUT2D eigenvalue weighted by Gasteiger charge is 2.15. The molecule has 0 amide bonds. The van der Waals surface area contributed by atoms with Crippen molar-refractivity contribution in [1.82, 2.24) is 0 Å². The maximum atomic E-state index is 12.2. The van der Waals surface area contributed by atoms with E-state index in [-0.39, 0.29) is 24.1 Å². The molecule has 0 unspecified atom stereocenters. The van der Waals surface area contributed by atoms with Crippen LogP contribution < -0.4 is 0 Å². The number of carbonyl (C=O) groups excluding carboxylic acids is 2. The van der Waals surface area contributed by atoms with Crippen molar-refractivity contribution in [3.63, 3.8) is 0 Å². The molecule has 158 valence electrons. The van der Waals surface area contributed by atoms with Crippen LogP contribution in [0.25, 0.3) is 0 Å². The number of unbranched alkanes of at least 4 members (excludes halogenated alkanes) is 6. The molecule has 0 aliphatic carbocycles. The highest BCUT2D eigenvalue weighted by molar-refractivity contribution is 5.93. The molecule has 0 fully saturated rings. The highest BCUT2D eigenvalue weighted by Crippen LogP contribution is 2.14. The molecule has 0 aliphatic rings. The number of hydrogen-bond acceptors (Lipinski definition) is 4. The zero-order chi connectivity index (χ0) is 20.8. The second kappa shape index (κ2) is 14.2. The molecular formula is C24H38O4. The summed E-state index contributed by atoms with van der Waals surface area (Å²) in [7, 11) is 0. The second-order valence-corrected chi connectivity index (χ2v) is 7.71. The van der Waals surface area contributed by atoms with Crippen LogP contribution in [0.5, 0.6) is 0 Å². The van der Waals surface area contributed by atoms with E-state index in [1.54, 1.807) is 24.3 Å². The van der Waals surface area contributed by atoms with Crippen LogP contribution in [0.4, 0.5) is 0 Å². The number of carbonyl (C=O) groups is 2. The van der Waals surface area contributed by atoms with Gasteiger partial charge in [-0.05, 0) is 63.8 Å². The van der Waals surface area contributed by atoms with Gasteiger partial charge < -0.3 is 9.47 Å². The molecule has 0 aromatic heterocycles. The molecule has 0 aliphatic heterocycles. The quantitative estimate of drug-likeness (QED) is 0.261. The van der Waals surface area contributed by atoms with Gasteiger partial charge in [0.25, 0.3) is 0 Å². The van der Waals surface area contributed by atoms with Crippen LogP contribution in [0.2, 0.25) is 0 Å². The third-order valence-corrected chi connectivity index (χ3v) is 4.90. The van der Waals surface area contributed by atoms with Gasteiger partial charge >= 0.3 is 11.9 Å². The molecule has 0 saturated heterocycles. The van der Waals surface area contributed by atoms with Crippen LogP contribution in [0.15, 0.2) is 24.3 Å². The Labute approximate surface area is 171 Å². The number of hydrogen-bond donors (Lipinski definition) is 0. The standard InChI is InChI=1S/C24H38O4/c1-5-7-9-11-13-19(3)27-23(25)21-15-17-22(18-16-21)24(26)28-20(4)14-12-10-8-6-2/h15-20H,5-14H2,1-4H3/t19-,20-/m1/s1. The minimum absolute atomic E-state index is 0.0949. The zero-order valence-corrected chi connectivity index (χ0v) is 18.2. The number of benzene rings is 1. The molecule has 0 heterocycles. The van der Waals surface area contributed by atoms with Crippen LogP contribution in [0.1, 0.15) is 113 Å². The first-order valence-electron chi connectivity index (χ1n) is 11.0. The Kier molecular flexibility index (Phi) is 12.3. The first kappa shape index (κ1) is 24.2. The average molecular weight is 391 g/mol. The van der Waals surface area contributed by atoms with Gasteiger partial charge in [0.1, 0.15) is 0 Å². The first-order chi connectivity index (χ1) is 13.5. The van der Waals surface area contributed by atoms with Gasteiger partial charge in [-0.3, -0.25) is 0 Å². The van der Waals surface area contributed by atoms with E-state index in [2.05, 4.69) is 13.8 Å². The lowest BCUT2D eigenvalue weighted by atomic mass is 10.1. The van der Waals surface area contributed by atoms with Gasteiger partial charge in [0.05, 0.1) is 23.3 Å². The summed E-state index contributed by atoms with van der Waals surface area (Å²) in [5, 5.41) is 0. The molecule has 0 N–H and O–H groups in total. The average Bonchev–Trinajstić information content (AvgIpc) is 2.68. The number of ether oxygens (including phenoxy) is 2. The lowest BCUT2D eigenvalue weighted by Gasteiger charge is -2.14. The van der Waals surface area contributed by atoms with E-state index in [0.29, 0.717) is 11.1 Å². The lowest BCUT2D eigenvalue weighted by molar-refractivity contribution is 0.0304. The minimum Gasteiger partial charge on any atom is -0.459 e. The van der Waals surface area contributed by atoms with Crippen LogP contribution in [-0.4, -0.2) is 24.1 Å². The van der Waals surface area contributed by atoms with E-state index in [4.69, 9.17) is 9.47 Å². The normalized spacial score (nSPS) is 13.0. The monoisotopic (exact) mass is 390 g/mol. The van der Waals surface area contributed by atoms with Gasteiger partial charge in [0.2, 0.25) is 0 Å². The van der Waals surface area contributed by atoms with Crippen molar-refractivity contribution < 1.29 is 19.1 Å². The SMILES string of the molecule is CCCCCC[C@@H](C)OC(=O)c1ccc(C(=O)O[C@H](C)CCCCCC)cc1. The van der Waals surface area contributed by atoms with E-state index in [1.165, 1.54) is 38.5 Å². The molecule has 1 rings (SSSR count). The molecular weight excluding hydrogens is 352 g/mol. The number of esters is 2. The lowest BCUT2D eigenvalue weighted by Crippen LogP contribution is -2.16. The van der Waals surface area contributed by atoms with E-state index >= 15 is 0 Å². The van der Waals surface area contributed by atoms with E-state index in [1.807, 2.05) is 13.8 Å². The summed E-state index contributed by atoms with van der Waals surface area (Å²) in [5.74, 6) is -0.681. The maximum absolute atomic E-state index is 12.2. The molecule has 0 radical (unpaired) electrons. The summed E-state index contributed by atoms with van der Waals surface area (Å²) in [4.78, 5) is 24.5. The van der Waals surface area contributed by atoms with Gasteiger partial charge in [-0.2, -0.15) is 0 Å². The predicted octanol–water partition coefficient (Wildman–Crippen LogP) is 6.72. The molecule has 0 spiro atoms. The van der Waals surface area contributed by atoms with E-state index in [0.717, 1.165) is 25.7 Å². The molecule has 2 atom stereocenters. The van der Waals surface area contributed by atoms with Crippen molar-refractivity contribution in [2.75, 3.05) is 0 Å². The van der Waals surface area contributed by atoms with Gasteiger partial charge in [-0.25, -0.2) is 9.59 Å². The third kappa shape index (κ3) is 9.91. The van der Waals surface area contributed by atoms with Gasteiger partial charge in [-0.1, -0.05) is 52.4 Å².